The molecule has 0 saturated heterocycles. The van der Waals surface area contributed by atoms with Crippen LogP contribution >= 0.6 is 17.0 Å². The molecule has 0 aliphatic heterocycles. The summed E-state index contributed by atoms with van der Waals surface area (Å²) in [6, 6.07) is 0. The number of hydrogen-bond donors (Lipinski definition) is 0. The number of aryl methyl sites for hydroxylation is 2. The molecule has 0 fully saturated rings. The molecule has 1 aromatic rings. The lowest BCUT2D eigenvalue weighted by Gasteiger charge is -1.90. The van der Waals surface area contributed by atoms with Gasteiger partial charge in [0.1, 0.15) is 12.4 Å². The Kier molecular flexibility index (Phi) is 5.20. The van der Waals surface area contributed by atoms with Gasteiger partial charge in [0.05, 0.1) is 13.6 Å². The lowest BCUT2D eigenvalue weighted by atomic mass is 10.3. The Hall–Kier alpha value is -0.310. The Balaban J connectivity index is 0.000001000. The molecule has 0 saturated carbocycles. The predicted molar refractivity (Wildman–Crippen MR) is 50.8 cm³/mol. The van der Waals surface area contributed by atoms with E-state index in [9.17, 15) is 0 Å². The van der Waals surface area contributed by atoms with Crippen molar-refractivity contribution in [3.8, 4) is 0 Å². The second-order valence-electron chi connectivity index (χ2n) is 2.67. The van der Waals surface area contributed by atoms with Crippen LogP contribution in [0.15, 0.2) is 18.7 Å². The summed E-state index contributed by atoms with van der Waals surface area (Å²) in [6.45, 7) is 3.36. The van der Waals surface area contributed by atoms with Crippen LogP contribution in [0.25, 0.3) is 0 Å². The molecule has 0 spiro atoms. The van der Waals surface area contributed by atoms with Crippen LogP contribution in [-0.4, -0.2) is 4.57 Å². The molecule has 0 aliphatic carbocycles. The van der Waals surface area contributed by atoms with E-state index in [1.54, 1.807) is 0 Å². The van der Waals surface area contributed by atoms with Crippen molar-refractivity contribution < 1.29 is 4.57 Å². The van der Waals surface area contributed by atoms with Gasteiger partial charge in [-0.3, -0.25) is 0 Å². The zero-order valence-corrected chi connectivity index (χ0v) is 8.87. The summed E-state index contributed by atoms with van der Waals surface area (Å²) in [4.78, 5) is 0. The number of imidazole rings is 1. The van der Waals surface area contributed by atoms with Crippen LogP contribution in [0.3, 0.4) is 0 Å². The molecule has 11 heavy (non-hydrogen) atoms. The quantitative estimate of drug-likeness (QED) is 0.685. The maximum Gasteiger partial charge on any atom is 0.243 e. The third kappa shape index (κ3) is 3.56. The maximum absolute atomic E-state index is 2.21. The second kappa shape index (κ2) is 5.35. The van der Waals surface area contributed by atoms with Crippen LogP contribution in [0.2, 0.25) is 0 Å². The van der Waals surface area contributed by atoms with Gasteiger partial charge in [-0.15, -0.1) is 17.0 Å². The van der Waals surface area contributed by atoms with E-state index in [0.29, 0.717) is 0 Å². The first kappa shape index (κ1) is 10.7. The smallest absolute Gasteiger partial charge is 0.240 e. The van der Waals surface area contributed by atoms with E-state index in [0.717, 1.165) is 6.54 Å². The van der Waals surface area contributed by atoms with Crippen molar-refractivity contribution in [1.29, 1.82) is 0 Å². The number of nitrogens with zero attached hydrogens (tertiary/aromatic N) is 2. The fourth-order valence-corrected chi connectivity index (χ4v) is 0.975. The van der Waals surface area contributed by atoms with E-state index in [1.165, 1.54) is 12.8 Å². The first-order chi connectivity index (χ1) is 4.83. The number of halogens is 1. The van der Waals surface area contributed by atoms with Crippen molar-refractivity contribution in [1.82, 2.24) is 4.57 Å². The van der Waals surface area contributed by atoms with Crippen LogP contribution in [-0.2, 0) is 13.6 Å². The van der Waals surface area contributed by atoms with Crippen LogP contribution in [0.1, 0.15) is 19.8 Å². The average molecular weight is 220 g/mol. The van der Waals surface area contributed by atoms with Crippen molar-refractivity contribution in [3.05, 3.63) is 18.7 Å². The summed E-state index contributed by atoms with van der Waals surface area (Å²) in [5, 5.41) is 0. The topological polar surface area (TPSA) is 8.81 Å². The van der Waals surface area contributed by atoms with Gasteiger partial charge >= 0.3 is 0 Å². The van der Waals surface area contributed by atoms with Crippen molar-refractivity contribution >= 4 is 17.0 Å². The molecule has 0 aliphatic rings. The highest BCUT2D eigenvalue weighted by atomic mass is 79.9. The van der Waals surface area contributed by atoms with E-state index in [4.69, 9.17) is 0 Å². The molecule has 0 unspecified atom stereocenters. The van der Waals surface area contributed by atoms with Crippen LogP contribution < -0.4 is 4.57 Å². The molecule has 3 heteroatoms. The average Bonchev–Trinajstić information content (AvgIpc) is 2.31. The van der Waals surface area contributed by atoms with Crippen molar-refractivity contribution in [2.75, 3.05) is 0 Å². The summed E-state index contributed by atoms with van der Waals surface area (Å²) in [5.41, 5.74) is 0. The van der Waals surface area contributed by atoms with Crippen molar-refractivity contribution in [2.24, 2.45) is 7.05 Å². The standard InChI is InChI=1S/C8H15N2.BrH/c1-3-4-5-10-7-6-9(2)8-10;/h6-8H,3-5H2,1-2H3;1H/q+1;. The van der Waals surface area contributed by atoms with Gasteiger partial charge in [-0.2, -0.15) is 0 Å². The highest BCUT2D eigenvalue weighted by molar-refractivity contribution is 8.93. The molecule has 1 heterocycles. The minimum absolute atomic E-state index is 0. The largest absolute Gasteiger partial charge is 0.243 e. The van der Waals surface area contributed by atoms with E-state index in [-0.39, 0.29) is 17.0 Å². The lowest BCUT2D eigenvalue weighted by Crippen LogP contribution is -2.30. The minimum atomic E-state index is 0. The van der Waals surface area contributed by atoms with Crippen LogP contribution in [0, 0.1) is 0 Å². The predicted octanol–water partition coefficient (Wildman–Crippen LogP) is 1.69. The highest BCUT2D eigenvalue weighted by Gasteiger charge is 1.96. The molecule has 1 aromatic heterocycles. The highest BCUT2D eigenvalue weighted by Crippen LogP contribution is 1.85. The number of rotatable bonds is 3. The zero-order chi connectivity index (χ0) is 7.40. The van der Waals surface area contributed by atoms with Crippen molar-refractivity contribution in [3.63, 3.8) is 0 Å². The molecule has 0 atom stereocenters. The Labute approximate surface area is 78.6 Å². The molecular formula is C8H16BrN2+. The molecule has 2 nitrogen and oxygen atoms in total. The first-order valence-electron chi connectivity index (χ1n) is 3.84. The molecule has 1 rings (SSSR count). The van der Waals surface area contributed by atoms with Gasteiger partial charge in [-0.05, 0) is 6.42 Å². The van der Waals surface area contributed by atoms with Crippen LogP contribution in [0.5, 0.6) is 0 Å². The minimum Gasteiger partial charge on any atom is -0.240 e. The van der Waals surface area contributed by atoms with Gasteiger partial charge in [0.25, 0.3) is 0 Å². The van der Waals surface area contributed by atoms with E-state index in [2.05, 4.69) is 34.8 Å². The molecule has 0 N–H and O–H groups in total. The summed E-state index contributed by atoms with van der Waals surface area (Å²) >= 11 is 0. The van der Waals surface area contributed by atoms with E-state index >= 15 is 0 Å². The molecule has 0 radical (unpaired) electrons. The normalized spacial score (nSPS) is 9.27. The van der Waals surface area contributed by atoms with Gasteiger partial charge in [-0.25, -0.2) is 9.13 Å². The zero-order valence-electron chi connectivity index (χ0n) is 7.16. The fraction of sp³-hybridized carbons (Fsp3) is 0.625. The Morgan fingerprint density at radius 1 is 1.45 bits per heavy atom. The molecule has 0 bridgehead atoms. The third-order valence-corrected chi connectivity index (χ3v) is 1.59. The molecule has 0 amide bonds. The maximum atomic E-state index is 2.21. The summed E-state index contributed by atoms with van der Waals surface area (Å²) in [6.07, 6.45) is 8.82. The summed E-state index contributed by atoms with van der Waals surface area (Å²) in [5.74, 6) is 0. The number of aromatic nitrogens is 2. The number of unbranched alkanes of at least 4 members (excludes halogenated alkanes) is 1. The van der Waals surface area contributed by atoms with Gasteiger partial charge in [0, 0.05) is 0 Å². The van der Waals surface area contributed by atoms with Crippen molar-refractivity contribution in [2.45, 2.75) is 26.3 Å². The van der Waals surface area contributed by atoms with E-state index < -0.39 is 0 Å². The number of hydrogen-bond acceptors (Lipinski definition) is 0. The summed E-state index contributed by atoms with van der Waals surface area (Å²) < 4.78 is 4.28. The summed E-state index contributed by atoms with van der Waals surface area (Å²) in [7, 11) is 2.04. The second-order valence-corrected chi connectivity index (χ2v) is 2.67. The van der Waals surface area contributed by atoms with Gasteiger partial charge in [-0.1, -0.05) is 13.3 Å². The Morgan fingerprint density at radius 2 is 2.18 bits per heavy atom. The van der Waals surface area contributed by atoms with Gasteiger partial charge in [0.15, 0.2) is 0 Å². The first-order valence-corrected chi connectivity index (χ1v) is 3.84. The Bertz CT molecular complexity index is 196. The van der Waals surface area contributed by atoms with E-state index in [1.807, 2.05) is 7.05 Å². The molecular weight excluding hydrogens is 204 g/mol. The molecule has 0 aromatic carbocycles. The van der Waals surface area contributed by atoms with Crippen LogP contribution in [0.4, 0.5) is 0 Å². The monoisotopic (exact) mass is 219 g/mol. The SMILES string of the molecule is Br.CCCC[n+]1ccn(C)c1. The van der Waals surface area contributed by atoms with Gasteiger partial charge in [0.2, 0.25) is 6.33 Å². The molecule has 64 valence electrons. The fourth-order valence-electron chi connectivity index (χ4n) is 0.975. The Morgan fingerprint density at radius 3 is 2.64 bits per heavy atom. The third-order valence-electron chi connectivity index (χ3n) is 1.59. The van der Waals surface area contributed by atoms with Gasteiger partial charge < -0.3 is 0 Å². The lowest BCUT2D eigenvalue weighted by molar-refractivity contribution is -0.696.